The standard InChI is InChI=1S/C25H24N4O/c1-16(2)21-12-17(19-6-4-8-23-22(19)14-28(3)27-23)9-10-18(21)13-29-15-24-20(25(29)30)7-5-11-26-24/h4-12,14,16H,13,15H2,1-3H3/i15D2. The van der Waals surface area contributed by atoms with Gasteiger partial charge >= 0.3 is 0 Å². The van der Waals surface area contributed by atoms with Gasteiger partial charge in [-0.25, -0.2) is 0 Å². The Labute approximate surface area is 178 Å². The van der Waals surface area contributed by atoms with Crippen molar-refractivity contribution in [1.82, 2.24) is 19.7 Å². The number of pyridine rings is 1. The summed E-state index contributed by atoms with van der Waals surface area (Å²) in [6.07, 6.45) is 3.55. The third kappa shape index (κ3) is 3.07. The molecular weight excluding hydrogens is 372 g/mol. The van der Waals surface area contributed by atoms with Crippen LogP contribution in [0.3, 0.4) is 0 Å². The summed E-state index contributed by atoms with van der Waals surface area (Å²) >= 11 is 0. The first-order valence-corrected chi connectivity index (χ1v) is 10.1. The maximum atomic E-state index is 13.0. The molecule has 0 atom stereocenters. The second-order valence-electron chi connectivity index (χ2n) is 8.01. The number of hydrogen-bond acceptors (Lipinski definition) is 3. The van der Waals surface area contributed by atoms with Gasteiger partial charge in [0, 0.05) is 31.4 Å². The van der Waals surface area contributed by atoms with E-state index >= 15 is 0 Å². The van der Waals surface area contributed by atoms with Crippen molar-refractivity contribution >= 4 is 16.8 Å². The second kappa shape index (κ2) is 7.10. The van der Waals surface area contributed by atoms with Crippen molar-refractivity contribution in [3.63, 3.8) is 0 Å². The molecular formula is C25H24N4O. The van der Waals surface area contributed by atoms with Crippen LogP contribution in [-0.4, -0.2) is 25.6 Å². The van der Waals surface area contributed by atoms with Crippen molar-refractivity contribution in [1.29, 1.82) is 0 Å². The van der Waals surface area contributed by atoms with Crippen molar-refractivity contribution < 1.29 is 7.54 Å². The first-order chi connectivity index (χ1) is 15.3. The minimum Gasteiger partial charge on any atom is -0.328 e. The van der Waals surface area contributed by atoms with Gasteiger partial charge in [0.2, 0.25) is 0 Å². The van der Waals surface area contributed by atoms with Crippen LogP contribution in [0.4, 0.5) is 0 Å². The van der Waals surface area contributed by atoms with Gasteiger partial charge in [-0.3, -0.25) is 14.5 Å². The zero-order valence-electron chi connectivity index (χ0n) is 19.3. The van der Waals surface area contributed by atoms with E-state index in [1.54, 1.807) is 12.1 Å². The van der Waals surface area contributed by atoms with Gasteiger partial charge < -0.3 is 4.90 Å². The van der Waals surface area contributed by atoms with E-state index in [2.05, 4.69) is 36.1 Å². The average Bonchev–Trinajstić information content (AvgIpc) is 3.24. The monoisotopic (exact) mass is 398 g/mol. The van der Waals surface area contributed by atoms with Crippen molar-refractivity contribution in [2.75, 3.05) is 0 Å². The number of fused-ring (bicyclic) bond motifs is 2. The third-order valence-corrected chi connectivity index (χ3v) is 5.60. The van der Waals surface area contributed by atoms with Crippen LogP contribution in [0.5, 0.6) is 0 Å². The van der Waals surface area contributed by atoms with Gasteiger partial charge in [0.1, 0.15) is 0 Å². The molecule has 150 valence electrons. The highest BCUT2D eigenvalue weighted by atomic mass is 16.2. The molecule has 0 bridgehead atoms. The number of aromatic nitrogens is 3. The highest BCUT2D eigenvalue weighted by Gasteiger charge is 2.28. The van der Waals surface area contributed by atoms with Gasteiger partial charge in [-0.1, -0.05) is 44.2 Å². The lowest BCUT2D eigenvalue weighted by atomic mass is 9.91. The number of benzene rings is 2. The predicted molar refractivity (Wildman–Crippen MR) is 118 cm³/mol. The summed E-state index contributed by atoms with van der Waals surface area (Å²) in [4.78, 5) is 18.4. The maximum Gasteiger partial charge on any atom is 0.256 e. The van der Waals surface area contributed by atoms with Crippen LogP contribution < -0.4 is 0 Å². The number of amides is 1. The van der Waals surface area contributed by atoms with E-state index in [1.807, 2.05) is 42.2 Å². The first kappa shape index (κ1) is 16.3. The van der Waals surface area contributed by atoms with Crippen LogP contribution in [0.1, 0.15) is 49.7 Å². The Bertz CT molecular complexity index is 1360. The third-order valence-electron chi connectivity index (χ3n) is 5.60. The Morgan fingerprint density at radius 1 is 1.13 bits per heavy atom. The second-order valence-corrected chi connectivity index (χ2v) is 8.01. The van der Waals surface area contributed by atoms with Crippen LogP contribution in [0.15, 0.2) is 60.9 Å². The Morgan fingerprint density at radius 2 is 1.97 bits per heavy atom. The number of carbonyl (C=O) groups is 1. The zero-order chi connectivity index (χ0) is 22.6. The molecule has 4 aromatic rings. The molecule has 0 saturated carbocycles. The van der Waals surface area contributed by atoms with Crippen LogP contribution in [-0.2, 0) is 20.1 Å². The minimum absolute atomic E-state index is 0.188. The summed E-state index contributed by atoms with van der Waals surface area (Å²) in [5.41, 5.74) is 5.69. The maximum absolute atomic E-state index is 13.0. The Hall–Kier alpha value is -3.47. The topological polar surface area (TPSA) is 51.0 Å². The van der Waals surface area contributed by atoms with Crippen molar-refractivity contribution in [3.8, 4) is 11.1 Å². The molecule has 5 heteroatoms. The number of hydrogen-bond donors (Lipinski definition) is 0. The Kier molecular flexibility index (Phi) is 3.86. The number of carbonyl (C=O) groups excluding carboxylic acids is 1. The molecule has 1 aliphatic rings. The van der Waals surface area contributed by atoms with Crippen LogP contribution in [0, 0.1) is 0 Å². The summed E-state index contributed by atoms with van der Waals surface area (Å²) in [5.74, 6) is -0.112. The van der Waals surface area contributed by atoms with Gasteiger partial charge in [0.05, 0.1) is 26.0 Å². The van der Waals surface area contributed by atoms with Gasteiger partial charge in [0.15, 0.2) is 0 Å². The van der Waals surface area contributed by atoms with E-state index in [1.165, 1.54) is 11.1 Å². The minimum atomic E-state index is -1.94. The normalized spacial score (nSPS) is 16.1. The Morgan fingerprint density at radius 3 is 2.77 bits per heavy atom. The van der Waals surface area contributed by atoms with Gasteiger partial charge in [-0.05, 0) is 46.4 Å². The van der Waals surface area contributed by atoms with Crippen LogP contribution in [0.25, 0.3) is 22.0 Å². The van der Waals surface area contributed by atoms with E-state index in [9.17, 15) is 4.79 Å². The quantitative estimate of drug-likeness (QED) is 0.491. The number of rotatable bonds is 4. The van der Waals surface area contributed by atoms with Gasteiger partial charge in [-0.2, -0.15) is 5.10 Å². The SMILES string of the molecule is [2H]C1([2H])c2ncccc2C(=O)N1Cc1ccc(-c2cccc3nn(C)cc23)cc1C(C)C. The molecule has 0 spiro atoms. The van der Waals surface area contributed by atoms with Crippen molar-refractivity contribution in [2.45, 2.75) is 32.8 Å². The van der Waals surface area contributed by atoms with Gasteiger partial charge in [0.25, 0.3) is 5.91 Å². The summed E-state index contributed by atoms with van der Waals surface area (Å²) in [7, 11) is 1.92. The summed E-state index contributed by atoms with van der Waals surface area (Å²) in [5, 5.41) is 5.60. The molecule has 1 amide bonds. The molecule has 0 radical (unpaired) electrons. The fourth-order valence-electron chi connectivity index (χ4n) is 4.13. The van der Waals surface area contributed by atoms with Gasteiger partial charge in [-0.15, -0.1) is 0 Å². The fourth-order valence-corrected chi connectivity index (χ4v) is 4.13. The smallest absolute Gasteiger partial charge is 0.256 e. The van der Waals surface area contributed by atoms with E-state index in [-0.39, 0.29) is 24.1 Å². The van der Waals surface area contributed by atoms with E-state index in [0.29, 0.717) is 5.56 Å². The fraction of sp³-hybridized carbons (Fsp3) is 0.240. The molecule has 2 aromatic heterocycles. The summed E-state index contributed by atoms with van der Waals surface area (Å²) in [6.45, 7) is 2.48. The molecule has 3 heterocycles. The predicted octanol–water partition coefficient (Wildman–Crippen LogP) is 4.91. The van der Waals surface area contributed by atoms with Crippen molar-refractivity contribution in [2.24, 2.45) is 7.05 Å². The molecule has 0 fully saturated rings. The molecule has 2 aromatic carbocycles. The van der Waals surface area contributed by atoms with E-state index < -0.39 is 6.50 Å². The number of nitrogens with zero attached hydrogens (tertiary/aromatic N) is 4. The first-order valence-electron chi connectivity index (χ1n) is 11.1. The van der Waals surface area contributed by atoms with Crippen molar-refractivity contribution in [3.05, 3.63) is 83.3 Å². The highest BCUT2D eigenvalue weighted by Crippen LogP contribution is 2.33. The van der Waals surface area contributed by atoms with Crippen LogP contribution in [0.2, 0.25) is 0 Å². The molecule has 0 aliphatic carbocycles. The lowest BCUT2D eigenvalue weighted by molar-refractivity contribution is 0.0766. The molecule has 0 unspecified atom stereocenters. The molecule has 0 N–H and O–H groups in total. The molecule has 30 heavy (non-hydrogen) atoms. The summed E-state index contributed by atoms with van der Waals surface area (Å²) < 4.78 is 18.9. The number of aryl methyl sites for hydroxylation is 1. The lowest BCUT2D eigenvalue weighted by Gasteiger charge is -2.21. The Balaban J connectivity index is 1.56. The molecule has 1 aliphatic heterocycles. The largest absolute Gasteiger partial charge is 0.328 e. The van der Waals surface area contributed by atoms with Crippen LogP contribution >= 0.6 is 0 Å². The molecule has 5 rings (SSSR count). The van der Waals surface area contributed by atoms with E-state index in [4.69, 9.17) is 2.74 Å². The highest BCUT2D eigenvalue weighted by molar-refractivity contribution is 5.98. The average molecular weight is 399 g/mol. The summed E-state index contributed by atoms with van der Waals surface area (Å²) in [6, 6.07) is 15.6. The lowest BCUT2D eigenvalue weighted by Crippen LogP contribution is -2.24. The zero-order valence-corrected chi connectivity index (χ0v) is 17.3. The van der Waals surface area contributed by atoms with E-state index in [0.717, 1.165) is 33.2 Å². The molecule has 5 nitrogen and oxygen atoms in total. The molecule has 0 saturated heterocycles.